The van der Waals surface area contributed by atoms with Crippen LogP contribution in [0.4, 0.5) is 0 Å². The molecule has 6 nitrogen and oxygen atoms in total. The van der Waals surface area contributed by atoms with Gasteiger partial charge in [0, 0.05) is 18.3 Å². The lowest BCUT2D eigenvalue weighted by atomic mass is 10.2. The van der Waals surface area contributed by atoms with Crippen LogP contribution in [0.5, 0.6) is 0 Å². The standard InChI is InChI=1S/C12H14ClN3O3S/c1-16-5-4-10(15-16)7-14-20(18,19)11-3-2-9(8-17)12(13)6-11/h2-6,14,17H,7-8H2,1H3. The Morgan fingerprint density at radius 2 is 2.15 bits per heavy atom. The van der Waals surface area contributed by atoms with E-state index in [0.717, 1.165) is 0 Å². The Bertz CT molecular complexity index is 712. The summed E-state index contributed by atoms with van der Waals surface area (Å²) in [6, 6.07) is 5.92. The van der Waals surface area contributed by atoms with Gasteiger partial charge in [0.1, 0.15) is 0 Å². The Morgan fingerprint density at radius 3 is 2.70 bits per heavy atom. The number of benzene rings is 1. The summed E-state index contributed by atoms with van der Waals surface area (Å²) in [4.78, 5) is 0.0515. The fourth-order valence-electron chi connectivity index (χ4n) is 1.63. The molecule has 20 heavy (non-hydrogen) atoms. The Balaban J connectivity index is 2.15. The molecule has 0 saturated heterocycles. The largest absolute Gasteiger partial charge is 0.392 e. The molecule has 0 aliphatic rings. The van der Waals surface area contributed by atoms with Crippen molar-refractivity contribution in [3.8, 4) is 0 Å². The topological polar surface area (TPSA) is 84.2 Å². The van der Waals surface area contributed by atoms with Gasteiger partial charge in [-0.15, -0.1) is 0 Å². The van der Waals surface area contributed by atoms with Gasteiger partial charge in [0.25, 0.3) is 0 Å². The molecule has 0 amide bonds. The van der Waals surface area contributed by atoms with Crippen LogP contribution >= 0.6 is 11.6 Å². The van der Waals surface area contributed by atoms with Crippen LogP contribution < -0.4 is 4.72 Å². The first-order chi connectivity index (χ1) is 9.42. The molecule has 8 heteroatoms. The number of aliphatic hydroxyl groups excluding tert-OH is 1. The third-order valence-corrected chi connectivity index (χ3v) is 4.47. The molecule has 2 N–H and O–H groups in total. The van der Waals surface area contributed by atoms with Gasteiger partial charge in [-0.25, -0.2) is 13.1 Å². The first-order valence-corrected chi connectivity index (χ1v) is 7.66. The zero-order valence-corrected chi connectivity index (χ0v) is 12.3. The maximum atomic E-state index is 12.1. The maximum Gasteiger partial charge on any atom is 0.240 e. The lowest BCUT2D eigenvalue weighted by Crippen LogP contribution is -2.23. The minimum absolute atomic E-state index is 0.0515. The zero-order chi connectivity index (χ0) is 14.8. The molecule has 108 valence electrons. The molecule has 1 aromatic carbocycles. The Morgan fingerprint density at radius 1 is 1.40 bits per heavy atom. The lowest BCUT2D eigenvalue weighted by molar-refractivity contribution is 0.282. The number of nitrogens with one attached hydrogen (secondary N) is 1. The number of hydrogen-bond acceptors (Lipinski definition) is 4. The average molecular weight is 316 g/mol. The number of aliphatic hydroxyl groups is 1. The van der Waals surface area contributed by atoms with Crippen LogP contribution in [0.2, 0.25) is 5.02 Å². The van der Waals surface area contributed by atoms with Crippen LogP contribution in [0, 0.1) is 0 Å². The first kappa shape index (κ1) is 15.0. The van der Waals surface area contributed by atoms with Crippen molar-refractivity contribution in [3.63, 3.8) is 0 Å². The van der Waals surface area contributed by atoms with E-state index in [1.807, 2.05) is 0 Å². The van der Waals surface area contributed by atoms with Crippen LogP contribution in [-0.4, -0.2) is 23.3 Å². The number of aromatic nitrogens is 2. The van der Waals surface area contributed by atoms with Crippen LogP contribution in [0.25, 0.3) is 0 Å². The summed E-state index contributed by atoms with van der Waals surface area (Å²) in [5, 5.41) is 13.3. The quantitative estimate of drug-likeness (QED) is 0.863. The number of nitrogens with zero attached hydrogens (tertiary/aromatic N) is 2. The van der Waals surface area contributed by atoms with Crippen molar-refractivity contribution < 1.29 is 13.5 Å². The van der Waals surface area contributed by atoms with Crippen molar-refractivity contribution in [2.24, 2.45) is 7.05 Å². The highest BCUT2D eigenvalue weighted by Gasteiger charge is 2.15. The van der Waals surface area contributed by atoms with Crippen molar-refractivity contribution in [2.45, 2.75) is 18.0 Å². The van der Waals surface area contributed by atoms with Crippen molar-refractivity contribution in [1.82, 2.24) is 14.5 Å². The number of halogens is 1. The molecule has 0 unspecified atom stereocenters. The molecule has 0 radical (unpaired) electrons. The molecule has 0 aliphatic heterocycles. The number of rotatable bonds is 5. The third kappa shape index (κ3) is 3.37. The van der Waals surface area contributed by atoms with E-state index >= 15 is 0 Å². The van der Waals surface area contributed by atoms with Crippen molar-refractivity contribution in [1.29, 1.82) is 0 Å². The van der Waals surface area contributed by atoms with Crippen LogP contribution in [0.3, 0.4) is 0 Å². The van der Waals surface area contributed by atoms with Gasteiger partial charge in [-0.2, -0.15) is 5.10 Å². The molecule has 0 saturated carbocycles. The SMILES string of the molecule is Cn1ccc(CNS(=O)(=O)c2ccc(CO)c(Cl)c2)n1. The van der Waals surface area contributed by atoms with Crippen molar-refractivity contribution >= 4 is 21.6 Å². The van der Waals surface area contributed by atoms with E-state index < -0.39 is 10.0 Å². The molecule has 2 rings (SSSR count). The van der Waals surface area contributed by atoms with Crippen molar-refractivity contribution in [3.05, 3.63) is 46.7 Å². The van der Waals surface area contributed by atoms with E-state index in [0.29, 0.717) is 11.3 Å². The fourth-order valence-corrected chi connectivity index (χ4v) is 2.96. The van der Waals surface area contributed by atoms with E-state index in [4.69, 9.17) is 16.7 Å². The van der Waals surface area contributed by atoms with Gasteiger partial charge in [0.05, 0.1) is 23.7 Å². The second kappa shape index (κ2) is 5.92. The van der Waals surface area contributed by atoms with E-state index in [1.165, 1.54) is 18.2 Å². The smallest absolute Gasteiger partial charge is 0.240 e. The van der Waals surface area contributed by atoms with Crippen molar-refractivity contribution in [2.75, 3.05) is 0 Å². The fraction of sp³-hybridized carbons (Fsp3) is 0.250. The van der Waals surface area contributed by atoms with E-state index in [2.05, 4.69) is 9.82 Å². The normalized spacial score (nSPS) is 11.8. The minimum atomic E-state index is -3.66. The Hall–Kier alpha value is -1.41. The van der Waals surface area contributed by atoms with E-state index in [9.17, 15) is 8.42 Å². The van der Waals surface area contributed by atoms with Gasteiger partial charge < -0.3 is 5.11 Å². The monoisotopic (exact) mass is 315 g/mol. The molecule has 2 aromatic rings. The summed E-state index contributed by atoms with van der Waals surface area (Å²) in [6.45, 7) is -0.136. The molecule has 0 aliphatic carbocycles. The highest BCUT2D eigenvalue weighted by Crippen LogP contribution is 2.20. The molecule has 0 fully saturated rings. The van der Waals surface area contributed by atoms with E-state index in [-0.39, 0.29) is 23.1 Å². The summed E-state index contributed by atoms with van der Waals surface area (Å²) in [5.74, 6) is 0. The summed E-state index contributed by atoms with van der Waals surface area (Å²) in [6.07, 6.45) is 1.73. The van der Waals surface area contributed by atoms with Crippen LogP contribution in [0.1, 0.15) is 11.3 Å². The summed E-state index contributed by atoms with van der Waals surface area (Å²) >= 11 is 5.89. The van der Waals surface area contributed by atoms with E-state index in [1.54, 1.807) is 24.0 Å². The van der Waals surface area contributed by atoms with Gasteiger partial charge in [0.2, 0.25) is 10.0 Å². The summed E-state index contributed by atoms with van der Waals surface area (Å²) < 4.78 is 28.2. The van der Waals surface area contributed by atoms with Crippen LogP contribution in [0.15, 0.2) is 35.4 Å². The first-order valence-electron chi connectivity index (χ1n) is 5.80. The van der Waals surface area contributed by atoms with Gasteiger partial charge in [0.15, 0.2) is 0 Å². The van der Waals surface area contributed by atoms with Crippen LogP contribution in [-0.2, 0) is 30.2 Å². The predicted octanol–water partition coefficient (Wildman–Crippen LogP) is 1.04. The van der Waals surface area contributed by atoms with Gasteiger partial charge in [-0.1, -0.05) is 17.7 Å². The third-order valence-electron chi connectivity index (χ3n) is 2.72. The second-order valence-corrected chi connectivity index (χ2v) is 6.39. The molecular weight excluding hydrogens is 302 g/mol. The lowest BCUT2D eigenvalue weighted by Gasteiger charge is -2.07. The highest BCUT2D eigenvalue weighted by molar-refractivity contribution is 7.89. The van der Waals surface area contributed by atoms with Gasteiger partial charge >= 0.3 is 0 Å². The molecule has 0 spiro atoms. The number of hydrogen-bond donors (Lipinski definition) is 2. The highest BCUT2D eigenvalue weighted by atomic mass is 35.5. The number of aryl methyl sites for hydroxylation is 1. The van der Waals surface area contributed by atoms with Gasteiger partial charge in [-0.3, -0.25) is 4.68 Å². The molecule has 0 bridgehead atoms. The zero-order valence-electron chi connectivity index (χ0n) is 10.7. The Labute approximate surface area is 122 Å². The second-order valence-electron chi connectivity index (χ2n) is 4.22. The predicted molar refractivity (Wildman–Crippen MR) is 74.6 cm³/mol. The molecule has 1 heterocycles. The average Bonchev–Trinajstić information content (AvgIpc) is 2.82. The summed E-state index contributed by atoms with van der Waals surface area (Å²) in [5.41, 5.74) is 1.10. The van der Waals surface area contributed by atoms with Gasteiger partial charge in [-0.05, 0) is 23.8 Å². The molecular formula is C12H14ClN3O3S. The summed E-state index contributed by atoms with van der Waals surface area (Å²) in [7, 11) is -1.91. The minimum Gasteiger partial charge on any atom is -0.392 e. The number of sulfonamides is 1. The maximum absolute atomic E-state index is 12.1. The Kier molecular flexibility index (Phi) is 4.44. The molecule has 0 atom stereocenters. The molecule has 1 aromatic heterocycles.